The number of hydrogen-bond acceptors (Lipinski definition) is 3. The number of rotatable bonds is 3. The Kier molecular flexibility index (Phi) is 4.45. The molecule has 152 valence electrons. The zero-order valence-corrected chi connectivity index (χ0v) is 17.0. The highest BCUT2D eigenvalue weighted by Crippen LogP contribution is 2.45. The standard InChI is InChI=1S/C23H28N4O2/c1-2-16-5-3-4-6-18(16)22(29)26-13-10-23(11-14-26)20-19(24-15-25-20)9-12-27(23)21(28)17-7-8-17/h3-6,15,17H,2,7-14H2,1H3,(H,24,25). The molecule has 3 heterocycles. The van der Waals surface area contributed by atoms with Gasteiger partial charge in [-0.2, -0.15) is 0 Å². The zero-order chi connectivity index (χ0) is 20.0. The lowest BCUT2D eigenvalue weighted by molar-refractivity contribution is -0.143. The van der Waals surface area contributed by atoms with E-state index in [1.54, 1.807) is 6.33 Å². The molecule has 2 aliphatic heterocycles. The Balaban J connectivity index is 1.41. The number of likely N-dealkylation sites (tertiary alicyclic amines) is 1. The largest absolute Gasteiger partial charge is 0.348 e. The third-order valence-electron chi connectivity index (χ3n) is 6.96. The summed E-state index contributed by atoms with van der Waals surface area (Å²) in [6.45, 7) is 4.13. The minimum atomic E-state index is -0.367. The minimum Gasteiger partial charge on any atom is -0.348 e. The number of carbonyl (C=O) groups excluding carboxylic acids is 2. The average Bonchev–Trinajstić information content (AvgIpc) is 3.50. The summed E-state index contributed by atoms with van der Waals surface area (Å²) in [7, 11) is 0. The lowest BCUT2D eigenvalue weighted by atomic mass is 9.78. The molecule has 1 aromatic heterocycles. The summed E-state index contributed by atoms with van der Waals surface area (Å²) in [5, 5.41) is 0. The Hall–Kier alpha value is -2.63. The Bertz CT molecular complexity index is 938. The molecule has 2 amide bonds. The van der Waals surface area contributed by atoms with Crippen molar-refractivity contribution in [1.29, 1.82) is 0 Å². The third kappa shape index (κ3) is 2.96. The van der Waals surface area contributed by atoms with Crippen molar-refractivity contribution in [1.82, 2.24) is 19.8 Å². The van der Waals surface area contributed by atoms with Crippen LogP contribution in [0, 0.1) is 5.92 Å². The summed E-state index contributed by atoms with van der Waals surface area (Å²) >= 11 is 0. The molecule has 1 saturated heterocycles. The van der Waals surface area contributed by atoms with Crippen LogP contribution in [0.1, 0.15) is 59.9 Å². The molecule has 2 fully saturated rings. The Morgan fingerprint density at radius 2 is 1.93 bits per heavy atom. The van der Waals surface area contributed by atoms with E-state index in [1.165, 1.54) is 0 Å². The van der Waals surface area contributed by atoms with Crippen LogP contribution in [0.5, 0.6) is 0 Å². The summed E-state index contributed by atoms with van der Waals surface area (Å²) in [6.07, 6.45) is 6.97. The predicted octanol–water partition coefficient (Wildman–Crippen LogP) is 2.90. The molecule has 1 saturated carbocycles. The summed E-state index contributed by atoms with van der Waals surface area (Å²) in [5.41, 5.74) is 3.71. The first-order chi connectivity index (χ1) is 14.1. The second-order valence-electron chi connectivity index (χ2n) is 8.58. The van der Waals surface area contributed by atoms with Crippen molar-refractivity contribution in [2.45, 2.75) is 51.0 Å². The molecule has 2 aromatic rings. The molecule has 1 N–H and O–H groups in total. The molecular formula is C23H28N4O2. The fourth-order valence-corrected chi connectivity index (χ4v) is 5.14. The molecule has 29 heavy (non-hydrogen) atoms. The first kappa shape index (κ1) is 18.4. The molecule has 1 spiro atoms. The molecule has 6 heteroatoms. The van der Waals surface area contributed by atoms with E-state index >= 15 is 0 Å². The quantitative estimate of drug-likeness (QED) is 0.873. The number of H-pyrrole nitrogens is 1. The van der Waals surface area contributed by atoms with E-state index in [0.29, 0.717) is 13.1 Å². The highest BCUT2D eigenvalue weighted by atomic mass is 16.2. The predicted molar refractivity (Wildman–Crippen MR) is 109 cm³/mol. The molecule has 5 rings (SSSR count). The zero-order valence-electron chi connectivity index (χ0n) is 17.0. The molecule has 6 nitrogen and oxygen atoms in total. The van der Waals surface area contributed by atoms with E-state index in [1.807, 2.05) is 29.2 Å². The maximum Gasteiger partial charge on any atom is 0.254 e. The lowest BCUT2D eigenvalue weighted by Crippen LogP contribution is -2.59. The van der Waals surface area contributed by atoms with Crippen molar-refractivity contribution in [2.24, 2.45) is 5.92 Å². The number of benzene rings is 1. The number of imidazole rings is 1. The number of carbonyl (C=O) groups is 2. The number of nitrogens with zero attached hydrogens (tertiary/aromatic N) is 3. The smallest absolute Gasteiger partial charge is 0.254 e. The number of aromatic amines is 1. The number of aryl methyl sites for hydroxylation is 1. The van der Waals surface area contributed by atoms with Crippen molar-refractivity contribution in [3.05, 3.63) is 53.1 Å². The van der Waals surface area contributed by atoms with E-state index in [9.17, 15) is 9.59 Å². The van der Waals surface area contributed by atoms with Crippen molar-refractivity contribution in [3.63, 3.8) is 0 Å². The maximum atomic E-state index is 13.2. The molecule has 0 unspecified atom stereocenters. The van der Waals surface area contributed by atoms with Crippen molar-refractivity contribution in [2.75, 3.05) is 19.6 Å². The van der Waals surface area contributed by atoms with E-state index in [4.69, 9.17) is 0 Å². The van der Waals surface area contributed by atoms with Gasteiger partial charge in [-0.25, -0.2) is 4.98 Å². The number of nitrogens with one attached hydrogen (secondary N) is 1. The van der Waals surface area contributed by atoms with Crippen LogP contribution < -0.4 is 0 Å². The SMILES string of the molecule is CCc1ccccc1C(=O)N1CCC2(CC1)c1nc[nH]c1CCN2C(=O)C1CC1. The molecule has 1 aliphatic carbocycles. The van der Waals surface area contributed by atoms with Crippen LogP contribution in [0.3, 0.4) is 0 Å². The molecule has 0 atom stereocenters. The highest BCUT2D eigenvalue weighted by Gasteiger charge is 2.51. The van der Waals surface area contributed by atoms with Gasteiger partial charge < -0.3 is 14.8 Å². The van der Waals surface area contributed by atoms with E-state index in [2.05, 4.69) is 21.8 Å². The topological polar surface area (TPSA) is 69.3 Å². The third-order valence-corrected chi connectivity index (χ3v) is 6.96. The van der Waals surface area contributed by atoms with Gasteiger partial charge in [0.1, 0.15) is 0 Å². The number of fused-ring (bicyclic) bond motifs is 2. The van der Waals surface area contributed by atoms with Crippen LogP contribution in [0.25, 0.3) is 0 Å². The summed E-state index contributed by atoms with van der Waals surface area (Å²) in [5.74, 6) is 0.591. The minimum absolute atomic E-state index is 0.107. The van der Waals surface area contributed by atoms with Crippen molar-refractivity contribution in [3.8, 4) is 0 Å². The van der Waals surface area contributed by atoms with E-state index in [-0.39, 0.29) is 23.3 Å². The van der Waals surface area contributed by atoms with Gasteiger partial charge >= 0.3 is 0 Å². The summed E-state index contributed by atoms with van der Waals surface area (Å²) in [6, 6.07) is 7.89. The van der Waals surface area contributed by atoms with Crippen LogP contribution in [0.4, 0.5) is 0 Å². The van der Waals surface area contributed by atoms with Gasteiger partial charge in [0.2, 0.25) is 5.91 Å². The first-order valence-corrected chi connectivity index (χ1v) is 10.9. The van der Waals surface area contributed by atoms with E-state index < -0.39 is 0 Å². The van der Waals surface area contributed by atoms with Crippen molar-refractivity contribution < 1.29 is 9.59 Å². The van der Waals surface area contributed by atoms with Crippen LogP contribution in [-0.4, -0.2) is 51.2 Å². The number of aromatic nitrogens is 2. The van der Waals surface area contributed by atoms with Crippen LogP contribution in [0.15, 0.2) is 30.6 Å². The Morgan fingerprint density at radius 1 is 1.17 bits per heavy atom. The van der Waals surface area contributed by atoms with Gasteiger partial charge in [0.15, 0.2) is 0 Å². The normalized spacial score (nSPS) is 20.6. The second-order valence-corrected chi connectivity index (χ2v) is 8.58. The van der Waals surface area contributed by atoms with E-state index in [0.717, 1.165) is 67.6 Å². The molecule has 3 aliphatic rings. The number of hydrogen-bond donors (Lipinski definition) is 1. The van der Waals surface area contributed by atoms with Gasteiger partial charge in [-0.05, 0) is 43.7 Å². The first-order valence-electron chi connectivity index (χ1n) is 10.9. The molecule has 0 radical (unpaired) electrons. The van der Waals surface area contributed by atoms with Gasteiger partial charge in [-0.15, -0.1) is 0 Å². The van der Waals surface area contributed by atoms with Crippen molar-refractivity contribution >= 4 is 11.8 Å². The summed E-state index contributed by atoms with van der Waals surface area (Å²) < 4.78 is 0. The van der Waals surface area contributed by atoms with Gasteiger partial charge in [0, 0.05) is 43.2 Å². The van der Waals surface area contributed by atoms with Crippen LogP contribution >= 0.6 is 0 Å². The number of piperidine rings is 1. The molecule has 1 aromatic carbocycles. The maximum absolute atomic E-state index is 13.2. The van der Waals surface area contributed by atoms with Gasteiger partial charge in [0.25, 0.3) is 5.91 Å². The Morgan fingerprint density at radius 3 is 2.66 bits per heavy atom. The fourth-order valence-electron chi connectivity index (χ4n) is 5.14. The molecular weight excluding hydrogens is 364 g/mol. The van der Waals surface area contributed by atoms with Gasteiger partial charge in [-0.1, -0.05) is 25.1 Å². The fraction of sp³-hybridized carbons (Fsp3) is 0.522. The second kappa shape index (κ2) is 7.01. The number of amides is 2. The van der Waals surface area contributed by atoms with Crippen LogP contribution in [-0.2, 0) is 23.2 Å². The average molecular weight is 393 g/mol. The molecule has 0 bridgehead atoms. The Labute approximate surface area is 171 Å². The monoisotopic (exact) mass is 392 g/mol. The highest BCUT2D eigenvalue weighted by molar-refractivity contribution is 5.95. The summed E-state index contributed by atoms with van der Waals surface area (Å²) in [4.78, 5) is 38.3. The van der Waals surface area contributed by atoms with Crippen LogP contribution in [0.2, 0.25) is 0 Å². The van der Waals surface area contributed by atoms with Gasteiger partial charge in [0.05, 0.1) is 17.6 Å². The lowest BCUT2D eigenvalue weighted by Gasteiger charge is -2.50. The van der Waals surface area contributed by atoms with Gasteiger partial charge in [-0.3, -0.25) is 9.59 Å².